The molecule has 2 aromatic rings. The summed E-state index contributed by atoms with van der Waals surface area (Å²) in [4.78, 5) is 19.8. The van der Waals surface area contributed by atoms with Crippen LogP contribution in [0.3, 0.4) is 0 Å². The summed E-state index contributed by atoms with van der Waals surface area (Å²) in [7, 11) is 0. The van der Waals surface area contributed by atoms with Gasteiger partial charge >= 0.3 is 0 Å². The molecule has 0 atom stereocenters. The summed E-state index contributed by atoms with van der Waals surface area (Å²) in [5, 5.41) is 3.04. The standard InChI is InChI=1S/C14H14ClN3O2/c1-2-20-9-10-5-3-4-6-11(10)18-14(19)12-7-17-13(15)8-16-12/h3-8H,2,9H2,1H3,(H,18,19). The Morgan fingerprint density at radius 3 is 2.80 bits per heavy atom. The quantitative estimate of drug-likeness (QED) is 0.920. The van der Waals surface area contributed by atoms with Gasteiger partial charge in [0.2, 0.25) is 0 Å². The molecule has 0 saturated heterocycles. The fourth-order valence-electron chi connectivity index (χ4n) is 1.60. The van der Waals surface area contributed by atoms with Gasteiger partial charge in [-0.2, -0.15) is 0 Å². The number of anilines is 1. The van der Waals surface area contributed by atoms with Crippen LogP contribution in [-0.2, 0) is 11.3 Å². The lowest BCUT2D eigenvalue weighted by molar-refractivity contribution is 0.102. The highest BCUT2D eigenvalue weighted by Gasteiger charge is 2.10. The lowest BCUT2D eigenvalue weighted by Crippen LogP contribution is -2.15. The van der Waals surface area contributed by atoms with Crippen molar-refractivity contribution in [2.24, 2.45) is 0 Å². The smallest absolute Gasteiger partial charge is 0.275 e. The van der Waals surface area contributed by atoms with Crippen molar-refractivity contribution in [3.05, 3.63) is 53.1 Å². The molecule has 0 fully saturated rings. The number of para-hydroxylation sites is 1. The Bertz CT molecular complexity index is 587. The molecule has 0 aliphatic rings. The van der Waals surface area contributed by atoms with E-state index < -0.39 is 0 Å². The Kier molecular flexibility index (Phi) is 5.03. The third kappa shape index (κ3) is 3.76. The lowest BCUT2D eigenvalue weighted by Gasteiger charge is -2.10. The minimum Gasteiger partial charge on any atom is -0.377 e. The average Bonchev–Trinajstić information content (AvgIpc) is 2.47. The van der Waals surface area contributed by atoms with Crippen LogP contribution in [0.25, 0.3) is 0 Å². The summed E-state index contributed by atoms with van der Waals surface area (Å²) in [6, 6.07) is 7.46. The number of nitrogens with zero attached hydrogens (tertiary/aromatic N) is 2. The molecular weight excluding hydrogens is 278 g/mol. The van der Waals surface area contributed by atoms with Gasteiger partial charge in [-0.1, -0.05) is 29.8 Å². The second-order valence-corrected chi connectivity index (χ2v) is 4.36. The highest BCUT2D eigenvalue weighted by Crippen LogP contribution is 2.17. The molecular formula is C14H14ClN3O2. The van der Waals surface area contributed by atoms with Crippen molar-refractivity contribution in [3.63, 3.8) is 0 Å². The van der Waals surface area contributed by atoms with Crippen LogP contribution in [0.4, 0.5) is 5.69 Å². The number of rotatable bonds is 5. The van der Waals surface area contributed by atoms with Crippen molar-refractivity contribution in [1.82, 2.24) is 9.97 Å². The first kappa shape index (κ1) is 14.4. The fourth-order valence-corrected chi connectivity index (χ4v) is 1.69. The molecule has 0 spiro atoms. The summed E-state index contributed by atoms with van der Waals surface area (Å²) in [5.41, 5.74) is 1.81. The molecule has 1 amide bonds. The Labute approximate surface area is 122 Å². The summed E-state index contributed by atoms with van der Waals surface area (Å²) < 4.78 is 5.37. The maximum atomic E-state index is 12.1. The predicted octanol–water partition coefficient (Wildman–Crippen LogP) is 2.92. The molecule has 0 radical (unpaired) electrons. The number of hydrogen-bond donors (Lipinski definition) is 1. The number of aromatic nitrogens is 2. The lowest BCUT2D eigenvalue weighted by atomic mass is 10.2. The first-order valence-electron chi connectivity index (χ1n) is 6.15. The van der Waals surface area contributed by atoms with Gasteiger partial charge in [0.15, 0.2) is 0 Å². The number of carbonyl (C=O) groups is 1. The molecule has 20 heavy (non-hydrogen) atoms. The van der Waals surface area contributed by atoms with E-state index in [-0.39, 0.29) is 16.8 Å². The molecule has 2 rings (SSSR count). The van der Waals surface area contributed by atoms with Crippen LogP contribution in [0.2, 0.25) is 5.15 Å². The van der Waals surface area contributed by atoms with E-state index in [9.17, 15) is 4.79 Å². The zero-order valence-electron chi connectivity index (χ0n) is 11.0. The highest BCUT2D eigenvalue weighted by molar-refractivity contribution is 6.29. The van der Waals surface area contributed by atoms with Gasteiger partial charge in [0.05, 0.1) is 19.0 Å². The molecule has 0 aliphatic carbocycles. The van der Waals surface area contributed by atoms with Crippen molar-refractivity contribution >= 4 is 23.2 Å². The van der Waals surface area contributed by atoms with Gasteiger partial charge in [-0.3, -0.25) is 4.79 Å². The number of amides is 1. The molecule has 1 N–H and O–H groups in total. The zero-order chi connectivity index (χ0) is 14.4. The average molecular weight is 292 g/mol. The minimum absolute atomic E-state index is 0.209. The van der Waals surface area contributed by atoms with Gasteiger partial charge in [0.25, 0.3) is 5.91 Å². The summed E-state index contributed by atoms with van der Waals surface area (Å²) in [6.07, 6.45) is 2.67. The molecule has 5 nitrogen and oxygen atoms in total. The van der Waals surface area contributed by atoms with Gasteiger partial charge in [0, 0.05) is 17.9 Å². The molecule has 1 heterocycles. The zero-order valence-corrected chi connectivity index (χ0v) is 11.7. The largest absolute Gasteiger partial charge is 0.377 e. The van der Waals surface area contributed by atoms with Crippen LogP contribution in [0.5, 0.6) is 0 Å². The summed E-state index contributed by atoms with van der Waals surface area (Å²) in [6.45, 7) is 2.98. The number of nitrogens with one attached hydrogen (secondary N) is 1. The summed E-state index contributed by atoms with van der Waals surface area (Å²) >= 11 is 5.64. The van der Waals surface area contributed by atoms with E-state index in [1.807, 2.05) is 31.2 Å². The maximum absolute atomic E-state index is 12.1. The topological polar surface area (TPSA) is 64.1 Å². The van der Waals surface area contributed by atoms with E-state index >= 15 is 0 Å². The van der Waals surface area contributed by atoms with Gasteiger partial charge < -0.3 is 10.1 Å². The SMILES string of the molecule is CCOCc1ccccc1NC(=O)c1cnc(Cl)cn1. The molecule has 0 bridgehead atoms. The predicted molar refractivity (Wildman–Crippen MR) is 76.8 cm³/mol. The maximum Gasteiger partial charge on any atom is 0.275 e. The Balaban J connectivity index is 2.13. The normalized spacial score (nSPS) is 10.3. The molecule has 104 valence electrons. The van der Waals surface area contributed by atoms with Gasteiger partial charge in [-0.05, 0) is 13.0 Å². The van der Waals surface area contributed by atoms with Crippen molar-refractivity contribution in [3.8, 4) is 0 Å². The van der Waals surface area contributed by atoms with Crippen molar-refractivity contribution in [2.45, 2.75) is 13.5 Å². The molecule has 0 aliphatic heterocycles. The highest BCUT2D eigenvalue weighted by atomic mass is 35.5. The van der Waals surface area contributed by atoms with E-state index in [2.05, 4.69) is 15.3 Å². The van der Waals surface area contributed by atoms with E-state index in [1.54, 1.807) is 0 Å². The van der Waals surface area contributed by atoms with Crippen molar-refractivity contribution in [1.29, 1.82) is 0 Å². The Morgan fingerprint density at radius 1 is 1.30 bits per heavy atom. The number of carbonyl (C=O) groups excluding carboxylic acids is 1. The van der Waals surface area contributed by atoms with E-state index in [1.165, 1.54) is 12.4 Å². The third-order valence-electron chi connectivity index (χ3n) is 2.58. The van der Waals surface area contributed by atoms with Crippen LogP contribution in [0.15, 0.2) is 36.7 Å². The Hall–Kier alpha value is -1.98. The van der Waals surface area contributed by atoms with Crippen LogP contribution in [0, 0.1) is 0 Å². The number of hydrogen-bond acceptors (Lipinski definition) is 4. The van der Waals surface area contributed by atoms with Crippen LogP contribution < -0.4 is 5.32 Å². The number of ether oxygens (including phenoxy) is 1. The summed E-state index contributed by atoms with van der Waals surface area (Å²) in [5.74, 6) is -0.335. The van der Waals surface area contributed by atoms with Crippen LogP contribution in [-0.4, -0.2) is 22.5 Å². The molecule has 1 aromatic carbocycles. The molecule has 0 unspecified atom stereocenters. The van der Waals surface area contributed by atoms with Crippen LogP contribution in [0.1, 0.15) is 23.0 Å². The first-order valence-corrected chi connectivity index (χ1v) is 6.53. The van der Waals surface area contributed by atoms with Crippen molar-refractivity contribution < 1.29 is 9.53 Å². The van der Waals surface area contributed by atoms with Gasteiger partial charge in [-0.25, -0.2) is 9.97 Å². The Morgan fingerprint density at radius 2 is 2.10 bits per heavy atom. The van der Waals surface area contributed by atoms with E-state index in [0.717, 1.165) is 5.56 Å². The number of benzene rings is 1. The van der Waals surface area contributed by atoms with Gasteiger partial charge in [0.1, 0.15) is 10.8 Å². The second-order valence-electron chi connectivity index (χ2n) is 3.97. The van der Waals surface area contributed by atoms with Gasteiger partial charge in [-0.15, -0.1) is 0 Å². The fraction of sp³-hybridized carbons (Fsp3) is 0.214. The molecule has 6 heteroatoms. The van der Waals surface area contributed by atoms with E-state index in [0.29, 0.717) is 18.9 Å². The molecule has 0 saturated carbocycles. The molecule has 1 aromatic heterocycles. The number of halogens is 1. The monoisotopic (exact) mass is 291 g/mol. The van der Waals surface area contributed by atoms with E-state index in [4.69, 9.17) is 16.3 Å². The van der Waals surface area contributed by atoms with Crippen LogP contribution >= 0.6 is 11.6 Å². The second kappa shape index (κ2) is 6.98. The minimum atomic E-state index is -0.335. The first-order chi connectivity index (χ1) is 9.70. The third-order valence-corrected chi connectivity index (χ3v) is 2.78. The van der Waals surface area contributed by atoms with Crippen molar-refractivity contribution in [2.75, 3.05) is 11.9 Å².